The van der Waals surface area contributed by atoms with Crippen molar-refractivity contribution in [3.63, 3.8) is 0 Å². The molecule has 0 aliphatic carbocycles. The second-order valence-corrected chi connectivity index (χ2v) is 7.42. The van der Waals surface area contributed by atoms with Crippen molar-refractivity contribution in [2.24, 2.45) is 0 Å². The summed E-state index contributed by atoms with van der Waals surface area (Å²) in [7, 11) is 3.17. The first kappa shape index (κ1) is 17.8. The van der Waals surface area contributed by atoms with Gasteiger partial charge in [-0.1, -0.05) is 12.1 Å². The van der Waals surface area contributed by atoms with Crippen molar-refractivity contribution in [3.05, 3.63) is 59.4 Å². The molecule has 1 unspecified atom stereocenters. The van der Waals surface area contributed by atoms with Crippen LogP contribution in [0.4, 0.5) is 4.39 Å². The second kappa shape index (κ2) is 7.22. The third-order valence-electron chi connectivity index (χ3n) is 5.91. The molecule has 2 fully saturated rings. The molecule has 27 heavy (non-hydrogen) atoms. The zero-order chi connectivity index (χ0) is 19.0. The summed E-state index contributed by atoms with van der Waals surface area (Å²) in [4.78, 5) is 15.3. The van der Waals surface area contributed by atoms with Crippen molar-refractivity contribution in [1.82, 2.24) is 4.90 Å². The number of fused-ring (bicyclic) bond motifs is 2. The van der Waals surface area contributed by atoms with Gasteiger partial charge in [0.15, 0.2) is 0 Å². The van der Waals surface area contributed by atoms with E-state index in [9.17, 15) is 9.18 Å². The molecule has 2 bridgehead atoms. The third kappa shape index (κ3) is 3.38. The lowest BCUT2D eigenvalue weighted by Gasteiger charge is -2.39. The Labute approximate surface area is 158 Å². The Bertz CT molecular complexity index is 800. The molecular weight excluding hydrogens is 345 g/mol. The van der Waals surface area contributed by atoms with Gasteiger partial charge in [-0.25, -0.2) is 4.39 Å². The highest BCUT2D eigenvalue weighted by Gasteiger charge is 2.43. The van der Waals surface area contributed by atoms with Crippen molar-refractivity contribution in [1.29, 1.82) is 0 Å². The topological polar surface area (TPSA) is 38.8 Å². The molecule has 142 valence electrons. The van der Waals surface area contributed by atoms with Crippen molar-refractivity contribution in [2.75, 3.05) is 14.2 Å². The van der Waals surface area contributed by atoms with Crippen LogP contribution in [0.15, 0.2) is 42.5 Å². The van der Waals surface area contributed by atoms with Crippen LogP contribution in [0.3, 0.4) is 0 Å². The molecule has 0 aromatic heterocycles. The molecule has 2 aliphatic heterocycles. The predicted octanol–water partition coefficient (Wildman–Crippen LogP) is 4.39. The Morgan fingerprint density at radius 1 is 0.963 bits per heavy atom. The monoisotopic (exact) mass is 369 g/mol. The first-order chi connectivity index (χ1) is 13.1. The van der Waals surface area contributed by atoms with Gasteiger partial charge in [-0.05, 0) is 61.4 Å². The number of halogens is 1. The number of nitrogens with zero attached hydrogens (tertiary/aromatic N) is 1. The smallest absolute Gasteiger partial charge is 0.254 e. The fraction of sp³-hybridized carbons (Fsp3) is 0.409. The normalized spacial score (nSPS) is 24.0. The number of carbonyl (C=O) groups excluding carboxylic acids is 1. The molecule has 2 aromatic carbocycles. The number of carbonyl (C=O) groups is 1. The molecule has 0 N–H and O–H groups in total. The molecule has 2 heterocycles. The minimum absolute atomic E-state index is 0.0391. The lowest BCUT2D eigenvalue weighted by molar-refractivity contribution is 0.0570. The van der Waals surface area contributed by atoms with E-state index in [0.717, 1.165) is 25.7 Å². The molecule has 0 radical (unpaired) electrons. The lowest BCUT2D eigenvalue weighted by Crippen LogP contribution is -2.46. The van der Waals surface area contributed by atoms with Crippen molar-refractivity contribution >= 4 is 5.91 Å². The molecular formula is C22H24FNO3. The Morgan fingerprint density at radius 2 is 1.52 bits per heavy atom. The average molecular weight is 369 g/mol. The van der Waals surface area contributed by atoms with Gasteiger partial charge in [0, 0.05) is 23.7 Å². The highest BCUT2D eigenvalue weighted by atomic mass is 19.1. The summed E-state index contributed by atoms with van der Waals surface area (Å²) in [6, 6.07) is 12.6. The van der Waals surface area contributed by atoms with E-state index in [1.807, 2.05) is 17.0 Å². The molecule has 2 saturated heterocycles. The number of methoxy groups -OCH3 is 2. The van der Waals surface area contributed by atoms with E-state index in [2.05, 4.69) is 0 Å². The van der Waals surface area contributed by atoms with E-state index < -0.39 is 0 Å². The fourth-order valence-electron chi connectivity index (χ4n) is 4.60. The Morgan fingerprint density at radius 3 is 2.04 bits per heavy atom. The Kier molecular flexibility index (Phi) is 4.77. The minimum atomic E-state index is -0.207. The molecule has 0 spiro atoms. The van der Waals surface area contributed by atoms with Gasteiger partial charge in [-0.15, -0.1) is 0 Å². The summed E-state index contributed by atoms with van der Waals surface area (Å²) in [5.74, 6) is 1.45. The number of hydrogen-bond donors (Lipinski definition) is 0. The van der Waals surface area contributed by atoms with Crippen LogP contribution in [0.1, 0.15) is 47.5 Å². The average Bonchev–Trinajstić information content (AvgIpc) is 2.96. The molecule has 4 rings (SSSR count). The third-order valence-corrected chi connectivity index (χ3v) is 5.91. The first-order valence-electron chi connectivity index (χ1n) is 9.40. The molecule has 2 aliphatic rings. The summed E-state index contributed by atoms with van der Waals surface area (Å²) in [6.07, 6.45) is 3.90. The number of rotatable bonds is 4. The standard InChI is InChI=1S/C22H24FNO3/c1-26-20-11-16(12-21(13-20)27-2)22(25)24-18-7-8-19(24)10-15(9-18)14-3-5-17(23)6-4-14/h3-6,11-13,15,18-19H,7-10H2,1-2H3/t15?,18-,19+. The van der Waals surface area contributed by atoms with Gasteiger partial charge < -0.3 is 14.4 Å². The van der Waals surface area contributed by atoms with Crippen LogP contribution in [-0.4, -0.2) is 37.1 Å². The molecule has 1 amide bonds. The molecule has 4 nitrogen and oxygen atoms in total. The zero-order valence-electron chi connectivity index (χ0n) is 15.7. The van der Waals surface area contributed by atoms with Gasteiger partial charge in [0.2, 0.25) is 0 Å². The molecule has 5 heteroatoms. The van der Waals surface area contributed by atoms with E-state index in [0.29, 0.717) is 23.0 Å². The summed E-state index contributed by atoms with van der Waals surface area (Å²) in [5, 5.41) is 0. The van der Waals surface area contributed by atoms with E-state index >= 15 is 0 Å². The van der Waals surface area contributed by atoms with Crippen LogP contribution >= 0.6 is 0 Å². The van der Waals surface area contributed by atoms with E-state index in [1.54, 1.807) is 32.4 Å². The van der Waals surface area contributed by atoms with Crippen LogP contribution in [0.5, 0.6) is 11.5 Å². The minimum Gasteiger partial charge on any atom is -0.497 e. The maximum Gasteiger partial charge on any atom is 0.254 e. The summed E-state index contributed by atoms with van der Waals surface area (Å²) >= 11 is 0. The summed E-state index contributed by atoms with van der Waals surface area (Å²) in [5.41, 5.74) is 1.77. The number of benzene rings is 2. The highest BCUT2D eigenvalue weighted by Crippen LogP contribution is 2.44. The number of piperidine rings is 1. The van der Waals surface area contributed by atoms with Gasteiger partial charge in [-0.3, -0.25) is 4.79 Å². The number of ether oxygens (including phenoxy) is 2. The molecule has 2 aromatic rings. The number of amides is 1. The first-order valence-corrected chi connectivity index (χ1v) is 9.40. The summed E-state index contributed by atoms with van der Waals surface area (Å²) < 4.78 is 23.8. The van der Waals surface area contributed by atoms with Crippen molar-refractivity contribution < 1.29 is 18.7 Å². The van der Waals surface area contributed by atoms with Crippen LogP contribution in [0.25, 0.3) is 0 Å². The van der Waals surface area contributed by atoms with Gasteiger partial charge in [0.05, 0.1) is 14.2 Å². The maximum absolute atomic E-state index is 13.2. The van der Waals surface area contributed by atoms with Crippen molar-refractivity contribution in [2.45, 2.75) is 43.7 Å². The second-order valence-electron chi connectivity index (χ2n) is 7.42. The van der Waals surface area contributed by atoms with E-state index in [-0.39, 0.29) is 23.8 Å². The van der Waals surface area contributed by atoms with Gasteiger partial charge in [0.25, 0.3) is 5.91 Å². The quantitative estimate of drug-likeness (QED) is 0.802. The largest absolute Gasteiger partial charge is 0.497 e. The summed E-state index contributed by atoms with van der Waals surface area (Å²) in [6.45, 7) is 0. The molecule has 3 atom stereocenters. The fourth-order valence-corrected chi connectivity index (χ4v) is 4.60. The van der Waals surface area contributed by atoms with Crippen LogP contribution in [0, 0.1) is 5.82 Å². The maximum atomic E-state index is 13.2. The van der Waals surface area contributed by atoms with Crippen LogP contribution < -0.4 is 9.47 Å². The SMILES string of the molecule is COc1cc(OC)cc(C(=O)N2[C@@H]3CC[C@H]2CC(c2ccc(F)cc2)C3)c1. The van der Waals surface area contributed by atoms with Gasteiger partial charge >= 0.3 is 0 Å². The Balaban J connectivity index is 1.56. The van der Waals surface area contributed by atoms with Gasteiger partial charge in [0.1, 0.15) is 17.3 Å². The predicted molar refractivity (Wildman–Crippen MR) is 101 cm³/mol. The van der Waals surface area contributed by atoms with E-state index in [4.69, 9.17) is 9.47 Å². The lowest BCUT2D eigenvalue weighted by atomic mass is 9.85. The van der Waals surface area contributed by atoms with E-state index in [1.165, 1.54) is 17.7 Å². The Hall–Kier alpha value is -2.56. The van der Waals surface area contributed by atoms with Crippen LogP contribution in [-0.2, 0) is 0 Å². The van der Waals surface area contributed by atoms with Gasteiger partial charge in [-0.2, -0.15) is 0 Å². The van der Waals surface area contributed by atoms with Crippen LogP contribution in [0.2, 0.25) is 0 Å². The molecule has 0 saturated carbocycles. The highest BCUT2D eigenvalue weighted by molar-refractivity contribution is 5.95. The zero-order valence-corrected chi connectivity index (χ0v) is 15.7. The van der Waals surface area contributed by atoms with Crippen molar-refractivity contribution in [3.8, 4) is 11.5 Å². The number of hydrogen-bond acceptors (Lipinski definition) is 3.